The summed E-state index contributed by atoms with van der Waals surface area (Å²) < 4.78 is 1.00. The van der Waals surface area contributed by atoms with E-state index in [0.29, 0.717) is 12.8 Å². The maximum Gasteiger partial charge on any atom is 0.235 e. The van der Waals surface area contributed by atoms with Crippen molar-refractivity contribution < 1.29 is 9.59 Å². The van der Waals surface area contributed by atoms with Gasteiger partial charge in [0.1, 0.15) is 0 Å². The average molecular weight is 449 g/mol. The number of halogens is 1. The minimum Gasteiger partial charge on any atom is -0.326 e. The zero-order valence-corrected chi connectivity index (χ0v) is 17.6. The van der Waals surface area contributed by atoms with E-state index in [0.717, 1.165) is 27.0 Å². The van der Waals surface area contributed by atoms with Crippen LogP contribution in [-0.4, -0.2) is 11.8 Å². The van der Waals surface area contributed by atoms with E-state index in [9.17, 15) is 9.59 Å². The lowest BCUT2D eigenvalue weighted by Crippen LogP contribution is -2.33. The van der Waals surface area contributed by atoms with Gasteiger partial charge in [0.15, 0.2) is 0 Å². The highest BCUT2D eigenvalue weighted by atomic mass is 79.9. The summed E-state index contributed by atoms with van der Waals surface area (Å²) in [6, 6.07) is 23.8. The highest BCUT2D eigenvalue weighted by Crippen LogP contribution is 2.41. The topological polar surface area (TPSA) is 58.2 Å². The SMILES string of the molecule is CC1(Cc2ccccc2)C(=O)Nc2ccc(Br)cc21.O=C1Cc2ccccc2N1. The van der Waals surface area contributed by atoms with Crippen LogP contribution in [0.5, 0.6) is 0 Å². The van der Waals surface area contributed by atoms with Gasteiger partial charge in [-0.2, -0.15) is 0 Å². The fourth-order valence-electron chi connectivity index (χ4n) is 3.81. The maximum atomic E-state index is 12.3. The fourth-order valence-corrected chi connectivity index (χ4v) is 4.17. The molecule has 2 aliphatic rings. The van der Waals surface area contributed by atoms with Crippen molar-refractivity contribution in [3.8, 4) is 0 Å². The van der Waals surface area contributed by atoms with Crippen LogP contribution in [0.2, 0.25) is 0 Å². The van der Waals surface area contributed by atoms with E-state index in [2.05, 4.69) is 38.7 Å². The van der Waals surface area contributed by atoms with Gasteiger partial charge in [-0.05, 0) is 54.3 Å². The monoisotopic (exact) mass is 448 g/mol. The zero-order valence-electron chi connectivity index (χ0n) is 16.0. The second-order valence-electron chi connectivity index (χ2n) is 7.52. The van der Waals surface area contributed by atoms with E-state index in [-0.39, 0.29) is 11.8 Å². The molecule has 0 aliphatic carbocycles. The van der Waals surface area contributed by atoms with Gasteiger partial charge in [0.25, 0.3) is 0 Å². The predicted octanol–water partition coefficient (Wildman–Crippen LogP) is 5.08. The molecule has 3 aromatic carbocycles. The van der Waals surface area contributed by atoms with Gasteiger partial charge in [-0.15, -0.1) is 0 Å². The third kappa shape index (κ3) is 3.96. The van der Waals surface area contributed by atoms with Crippen LogP contribution in [0.1, 0.15) is 23.6 Å². The van der Waals surface area contributed by atoms with E-state index in [1.807, 2.05) is 67.6 Å². The summed E-state index contributed by atoms with van der Waals surface area (Å²) >= 11 is 3.48. The molecule has 4 nitrogen and oxygen atoms in total. The van der Waals surface area contributed by atoms with E-state index in [4.69, 9.17) is 0 Å². The summed E-state index contributed by atoms with van der Waals surface area (Å²) in [6.45, 7) is 2.01. The van der Waals surface area contributed by atoms with E-state index < -0.39 is 5.41 Å². The van der Waals surface area contributed by atoms with Crippen molar-refractivity contribution in [2.75, 3.05) is 10.6 Å². The van der Waals surface area contributed by atoms with Crippen molar-refractivity contribution in [2.45, 2.75) is 25.2 Å². The number of rotatable bonds is 2. The standard InChI is InChI=1S/C16H14BrNO.C8H7NO/c1-16(10-11-5-3-2-4-6-11)13-9-12(17)7-8-14(13)18-15(16)19;10-8-5-6-3-1-2-4-7(6)9-8/h2-9H,10H2,1H3,(H,18,19);1-4H,5H2,(H,9,10). The van der Waals surface area contributed by atoms with Gasteiger partial charge in [0.05, 0.1) is 11.8 Å². The minimum absolute atomic E-state index is 0.0736. The smallest absolute Gasteiger partial charge is 0.235 e. The molecule has 5 heteroatoms. The third-order valence-electron chi connectivity index (χ3n) is 5.37. The molecule has 2 N–H and O–H groups in total. The van der Waals surface area contributed by atoms with Gasteiger partial charge >= 0.3 is 0 Å². The van der Waals surface area contributed by atoms with Crippen LogP contribution in [0.15, 0.2) is 77.3 Å². The zero-order chi connectivity index (χ0) is 20.4. The first-order chi connectivity index (χ1) is 14.0. The van der Waals surface area contributed by atoms with Crippen LogP contribution >= 0.6 is 15.9 Å². The second-order valence-corrected chi connectivity index (χ2v) is 8.44. The highest BCUT2D eigenvalue weighted by Gasteiger charge is 2.42. The Balaban J connectivity index is 0.000000171. The summed E-state index contributed by atoms with van der Waals surface area (Å²) in [4.78, 5) is 23.1. The van der Waals surface area contributed by atoms with Crippen LogP contribution in [-0.2, 0) is 27.8 Å². The number of benzene rings is 3. The quantitative estimate of drug-likeness (QED) is 0.573. The number of anilines is 2. The molecule has 2 amide bonds. The molecule has 0 radical (unpaired) electrons. The van der Waals surface area contributed by atoms with Crippen molar-refractivity contribution in [3.63, 3.8) is 0 Å². The minimum atomic E-state index is -0.500. The molecule has 1 atom stereocenters. The Labute approximate surface area is 178 Å². The molecule has 3 aromatic rings. The number of carbonyl (C=O) groups excluding carboxylic acids is 2. The Hall–Kier alpha value is -2.92. The fraction of sp³-hybridized carbons (Fsp3) is 0.167. The van der Waals surface area contributed by atoms with Crippen LogP contribution in [0.25, 0.3) is 0 Å². The largest absolute Gasteiger partial charge is 0.326 e. The molecular weight excluding hydrogens is 428 g/mol. The Bertz CT molecular complexity index is 1050. The number of fused-ring (bicyclic) bond motifs is 2. The van der Waals surface area contributed by atoms with Gasteiger partial charge in [-0.1, -0.05) is 64.5 Å². The molecule has 0 aromatic heterocycles. The first-order valence-corrected chi connectivity index (χ1v) is 10.3. The van der Waals surface area contributed by atoms with Gasteiger partial charge in [-0.25, -0.2) is 0 Å². The molecule has 0 saturated heterocycles. The maximum absolute atomic E-state index is 12.3. The lowest BCUT2D eigenvalue weighted by molar-refractivity contribution is -0.120. The predicted molar refractivity (Wildman–Crippen MR) is 119 cm³/mol. The van der Waals surface area contributed by atoms with Gasteiger partial charge in [-0.3, -0.25) is 9.59 Å². The first-order valence-electron chi connectivity index (χ1n) is 9.49. The summed E-state index contributed by atoms with van der Waals surface area (Å²) in [5, 5.41) is 5.73. The molecule has 2 heterocycles. The Morgan fingerprint density at radius 3 is 2.38 bits per heavy atom. The lowest BCUT2D eigenvalue weighted by atomic mass is 9.78. The molecule has 1 unspecified atom stereocenters. The molecule has 2 aliphatic heterocycles. The molecule has 146 valence electrons. The molecule has 5 rings (SSSR count). The molecule has 0 bridgehead atoms. The number of hydrogen-bond donors (Lipinski definition) is 2. The van der Waals surface area contributed by atoms with Crippen LogP contribution < -0.4 is 10.6 Å². The summed E-state index contributed by atoms with van der Waals surface area (Å²) in [7, 11) is 0. The van der Waals surface area contributed by atoms with Gasteiger partial charge in [0.2, 0.25) is 11.8 Å². The van der Waals surface area contributed by atoms with Crippen LogP contribution in [0.3, 0.4) is 0 Å². The van der Waals surface area contributed by atoms with Crippen LogP contribution in [0, 0.1) is 0 Å². The lowest BCUT2D eigenvalue weighted by Gasteiger charge is -2.22. The first kappa shape index (κ1) is 19.4. The summed E-state index contributed by atoms with van der Waals surface area (Å²) in [5.74, 6) is 0.172. The molecule has 0 spiro atoms. The molecular formula is C24H21BrN2O2. The molecule has 0 fully saturated rings. The summed E-state index contributed by atoms with van der Waals surface area (Å²) in [6.07, 6.45) is 1.25. The summed E-state index contributed by atoms with van der Waals surface area (Å²) in [5.41, 5.74) is 4.73. The normalized spacial score (nSPS) is 18.8. The molecule has 0 saturated carbocycles. The Kier molecular flexibility index (Phi) is 5.24. The van der Waals surface area contributed by atoms with Gasteiger partial charge < -0.3 is 10.6 Å². The van der Waals surface area contributed by atoms with Crippen molar-refractivity contribution >= 4 is 39.1 Å². The van der Waals surface area contributed by atoms with E-state index in [1.165, 1.54) is 5.56 Å². The number of amides is 2. The van der Waals surface area contributed by atoms with Crippen molar-refractivity contribution in [3.05, 3.63) is 94.0 Å². The Morgan fingerprint density at radius 2 is 1.62 bits per heavy atom. The number of hydrogen-bond acceptors (Lipinski definition) is 2. The number of carbonyl (C=O) groups is 2. The second kappa shape index (κ2) is 7.84. The van der Waals surface area contributed by atoms with E-state index in [1.54, 1.807) is 0 Å². The van der Waals surface area contributed by atoms with Crippen molar-refractivity contribution in [2.24, 2.45) is 0 Å². The van der Waals surface area contributed by atoms with Crippen molar-refractivity contribution in [1.29, 1.82) is 0 Å². The third-order valence-corrected chi connectivity index (χ3v) is 5.86. The average Bonchev–Trinajstić information content (AvgIpc) is 3.20. The number of para-hydroxylation sites is 1. The number of nitrogens with one attached hydrogen (secondary N) is 2. The van der Waals surface area contributed by atoms with Gasteiger partial charge in [0, 0.05) is 15.8 Å². The molecule has 29 heavy (non-hydrogen) atoms. The van der Waals surface area contributed by atoms with Crippen molar-refractivity contribution in [1.82, 2.24) is 0 Å². The van der Waals surface area contributed by atoms with E-state index >= 15 is 0 Å². The Morgan fingerprint density at radius 1 is 0.897 bits per heavy atom. The van der Waals surface area contributed by atoms with Crippen LogP contribution in [0.4, 0.5) is 11.4 Å². The highest BCUT2D eigenvalue weighted by molar-refractivity contribution is 9.10.